The van der Waals surface area contributed by atoms with Crippen molar-refractivity contribution in [3.63, 3.8) is 0 Å². The van der Waals surface area contributed by atoms with Crippen LogP contribution in [0.5, 0.6) is 0 Å². The second kappa shape index (κ2) is 4.33. The molecule has 0 bridgehead atoms. The maximum absolute atomic E-state index is 14.5. The molecule has 18 heavy (non-hydrogen) atoms. The molecular formula is C11H15FN2O4. The fourth-order valence-corrected chi connectivity index (χ4v) is 2.54. The van der Waals surface area contributed by atoms with Gasteiger partial charge in [-0.1, -0.05) is 0 Å². The second-order valence-corrected chi connectivity index (χ2v) is 4.81. The van der Waals surface area contributed by atoms with Gasteiger partial charge in [0.2, 0.25) is 0 Å². The number of nitrogens with one attached hydrogen (secondary N) is 1. The molecule has 1 saturated carbocycles. The fourth-order valence-electron chi connectivity index (χ4n) is 2.54. The average molecular weight is 258 g/mol. The zero-order chi connectivity index (χ0) is 13.5. The summed E-state index contributed by atoms with van der Waals surface area (Å²) in [5.41, 5.74) is -3.31. The lowest BCUT2D eigenvalue weighted by Crippen LogP contribution is -2.42. The lowest BCUT2D eigenvalue weighted by Gasteiger charge is -2.27. The molecule has 1 aliphatic carbocycles. The molecule has 0 aromatic carbocycles. The van der Waals surface area contributed by atoms with E-state index in [9.17, 15) is 19.1 Å². The molecule has 100 valence electrons. The molecule has 1 aliphatic rings. The van der Waals surface area contributed by atoms with Crippen LogP contribution in [0.1, 0.15) is 19.4 Å². The first-order valence-corrected chi connectivity index (χ1v) is 5.67. The van der Waals surface area contributed by atoms with Crippen LogP contribution in [-0.2, 0) is 0 Å². The first kappa shape index (κ1) is 13.0. The van der Waals surface area contributed by atoms with Gasteiger partial charge < -0.3 is 10.2 Å². The molecule has 0 radical (unpaired) electrons. The Kier molecular flexibility index (Phi) is 3.12. The van der Waals surface area contributed by atoms with E-state index in [2.05, 4.69) is 0 Å². The standard InChI is InChI=1S/C11H15FN2O4/c1-11(12)7(4-6(5-15)9(11)17)14-3-2-8(16)13-10(14)18/h2-3,6-7,9,15,17H,4-5H2,1H3,(H,13,16,18)/t6-,7-,9-,11+/m1/s1. The van der Waals surface area contributed by atoms with Crippen molar-refractivity contribution in [1.29, 1.82) is 0 Å². The summed E-state index contributed by atoms with van der Waals surface area (Å²) in [4.78, 5) is 24.6. The quantitative estimate of drug-likeness (QED) is 0.646. The van der Waals surface area contributed by atoms with E-state index in [1.54, 1.807) is 0 Å². The smallest absolute Gasteiger partial charge is 0.328 e. The molecule has 0 unspecified atom stereocenters. The molecule has 0 aliphatic heterocycles. The molecule has 0 spiro atoms. The number of nitrogens with zero attached hydrogens (tertiary/aromatic N) is 1. The van der Waals surface area contributed by atoms with Crippen LogP contribution in [0.25, 0.3) is 0 Å². The van der Waals surface area contributed by atoms with E-state index < -0.39 is 35.0 Å². The maximum Gasteiger partial charge on any atom is 0.328 e. The van der Waals surface area contributed by atoms with Gasteiger partial charge in [-0.2, -0.15) is 0 Å². The van der Waals surface area contributed by atoms with Crippen LogP contribution in [0.2, 0.25) is 0 Å². The van der Waals surface area contributed by atoms with E-state index >= 15 is 0 Å². The van der Waals surface area contributed by atoms with Crippen molar-refractivity contribution < 1.29 is 14.6 Å². The van der Waals surface area contributed by atoms with Crippen molar-refractivity contribution in [3.05, 3.63) is 33.1 Å². The van der Waals surface area contributed by atoms with Crippen molar-refractivity contribution in [3.8, 4) is 0 Å². The van der Waals surface area contributed by atoms with Crippen LogP contribution in [0.15, 0.2) is 21.9 Å². The molecule has 4 atom stereocenters. The summed E-state index contributed by atoms with van der Waals surface area (Å²) in [5, 5.41) is 18.8. The Balaban J connectivity index is 2.45. The van der Waals surface area contributed by atoms with E-state index in [1.165, 1.54) is 13.1 Å². The molecule has 0 saturated heterocycles. The summed E-state index contributed by atoms with van der Waals surface area (Å²) in [6, 6.07) is 0.213. The molecule has 1 heterocycles. The third-order valence-corrected chi connectivity index (χ3v) is 3.62. The zero-order valence-electron chi connectivity index (χ0n) is 9.84. The summed E-state index contributed by atoms with van der Waals surface area (Å²) < 4.78 is 15.5. The van der Waals surface area contributed by atoms with Crippen molar-refractivity contribution >= 4 is 0 Å². The zero-order valence-corrected chi connectivity index (χ0v) is 9.84. The van der Waals surface area contributed by atoms with Crippen LogP contribution >= 0.6 is 0 Å². The van der Waals surface area contributed by atoms with Crippen LogP contribution in [0.3, 0.4) is 0 Å². The summed E-state index contributed by atoms with van der Waals surface area (Å²) in [5.74, 6) is -0.621. The van der Waals surface area contributed by atoms with Crippen molar-refractivity contribution in [1.82, 2.24) is 9.55 Å². The monoisotopic (exact) mass is 258 g/mol. The predicted molar refractivity (Wildman–Crippen MR) is 61.1 cm³/mol. The van der Waals surface area contributed by atoms with Gasteiger partial charge in [0, 0.05) is 24.8 Å². The normalized spacial score (nSPS) is 35.9. The fraction of sp³-hybridized carbons (Fsp3) is 0.636. The van der Waals surface area contributed by atoms with Crippen molar-refractivity contribution in [2.24, 2.45) is 5.92 Å². The molecule has 1 aromatic rings. The Morgan fingerprint density at radius 1 is 1.61 bits per heavy atom. The van der Waals surface area contributed by atoms with Gasteiger partial charge in [-0.25, -0.2) is 9.18 Å². The highest BCUT2D eigenvalue weighted by atomic mass is 19.1. The lowest BCUT2D eigenvalue weighted by atomic mass is 9.98. The van der Waals surface area contributed by atoms with Crippen LogP contribution in [0, 0.1) is 5.92 Å². The number of aromatic amines is 1. The summed E-state index contributed by atoms with van der Waals surface area (Å²) in [7, 11) is 0. The summed E-state index contributed by atoms with van der Waals surface area (Å²) >= 11 is 0. The van der Waals surface area contributed by atoms with E-state index in [0.29, 0.717) is 0 Å². The number of halogens is 1. The lowest BCUT2D eigenvalue weighted by molar-refractivity contribution is -0.0207. The summed E-state index contributed by atoms with van der Waals surface area (Å²) in [6.07, 6.45) is -0.00133. The number of aromatic nitrogens is 2. The van der Waals surface area contributed by atoms with Gasteiger partial charge in [-0.05, 0) is 13.3 Å². The van der Waals surface area contributed by atoms with Gasteiger partial charge in [-0.3, -0.25) is 14.3 Å². The number of alkyl halides is 1. The molecule has 2 rings (SSSR count). The summed E-state index contributed by atoms with van der Waals surface area (Å²) in [6.45, 7) is 0.838. The van der Waals surface area contributed by atoms with Crippen LogP contribution in [-0.4, -0.2) is 38.1 Å². The number of hydrogen-bond acceptors (Lipinski definition) is 4. The third-order valence-electron chi connectivity index (χ3n) is 3.62. The van der Waals surface area contributed by atoms with E-state index in [1.807, 2.05) is 4.98 Å². The highest BCUT2D eigenvalue weighted by molar-refractivity contribution is 5.05. The number of rotatable bonds is 2. The van der Waals surface area contributed by atoms with Crippen molar-refractivity contribution in [2.45, 2.75) is 31.2 Å². The minimum Gasteiger partial charge on any atom is -0.396 e. The molecular weight excluding hydrogens is 243 g/mol. The SMILES string of the molecule is C[C@@]1(F)[C@H](O)[C@@H](CO)C[C@H]1n1ccc(=O)[nH]c1=O. The minimum absolute atomic E-state index is 0.136. The number of H-pyrrole nitrogens is 1. The van der Waals surface area contributed by atoms with Gasteiger partial charge >= 0.3 is 5.69 Å². The van der Waals surface area contributed by atoms with E-state index in [4.69, 9.17) is 5.11 Å². The molecule has 0 amide bonds. The Hall–Kier alpha value is -1.47. The Bertz CT molecular complexity index is 550. The number of aliphatic hydroxyl groups is 2. The van der Waals surface area contributed by atoms with Gasteiger partial charge in [0.05, 0.1) is 12.1 Å². The Labute approximate surface area is 102 Å². The van der Waals surface area contributed by atoms with Gasteiger partial charge in [0.25, 0.3) is 5.56 Å². The highest BCUT2D eigenvalue weighted by Crippen LogP contribution is 2.44. The van der Waals surface area contributed by atoms with Gasteiger partial charge in [0.15, 0.2) is 5.67 Å². The highest BCUT2D eigenvalue weighted by Gasteiger charge is 2.53. The largest absolute Gasteiger partial charge is 0.396 e. The molecule has 1 fully saturated rings. The first-order chi connectivity index (χ1) is 8.37. The van der Waals surface area contributed by atoms with Crippen LogP contribution in [0.4, 0.5) is 4.39 Å². The van der Waals surface area contributed by atoms with E-state index in [-0.39, 0.29) is 13.0 Å². The van der Waals surface area contributed by atoms with Crippen LogP contribution < -0.4 is 11.2 Å². The maximum atomic E-state index is 14.5. The predicted octanol–water partition coefficient (Wildman–Crippen LogP) is -0.821. The average Bonchev–Trinajstić information content (AvgIpc) is 2.52. The van der Waals surface area contributed by atoms with Gasteiger partial charge in [0.1, 0.15) is 0 Å². The molecule has 3 N–H and O–H groups in total. The van der Waals surface area contributed by atoms with E-state index in [0.717, 1.165) is 10.6 Å². The Morgan fingerprint density at radius 3 is 2.78 bits per heavy atom. The second-order valence-electron chi connectivity index (χ2n) is 4.81. The Morgan fingerprint density at radius 2 is 2.28 bits per heavy atom. The topological polar surface area (TPSA) is 95.3 Å². The number of hydrogen-bond donors (Lipinski definition) is 3. The molecule has 1 aromatic heterocycles. The third kappa shape index (κ3) is 1.89. The van der Waals surface area contributed by atoms with Gasteiger partial charge in [-0.15, -0.1) is 0 Å². The minimum atomic E-state index is -2.03. The number of aliphatic hydroxyl groups excluding tert-OH is 2. The first-order valence-electron chi connectivity index (χ1n) is 5.67. The molecule has 6 nitrogen and oxygen atoms in total. The van der Waals surface area contributed by atoms with Crippen molar-refractivity contribution in [2.75, 3.05) is 6.61 Å². The molecule has 7 heteroatoms.